The van der Waals surface area contributed by atoms with E-state index in [2.05, 4.69) is 22.0 Å². The average molecular weight is 357 g/mol. The lowest BCUT2D eigenvalue weighted by atomic mass is 9.71. The molecule has 1 N–H and O–H groups in total. The Balaban J connectivity index is 2.33. The number of hydrogen-bond acceptors (Lipinski definition) is 2. The van der Waals surface area contributed by atoms with Crippen LogP contribution in [0, 0.1) is 16.7 Å². The highest BCUT2D eigenvalue weighted by atomic mass is 79.9. The maximum absolute atomic E-state index is 10.8. The molecular formula is C16H19BrClNO. The minimum Gasteiger partial charge on any atom is -0.387 e. The van der Waals surface area contributed by atoms with Gasteiger partial charge in [0.25, 0.3) is 0 Å². The quantitative estimate of drug-likeness (QED) is 0.772. The summed E-state index contributed by atoms with van der Waals surface area (Å²) in [5.74, 6) is 0. The van der Waals surface area contributed by atoms with Crippen LogP contribution in [0.25, 0.3) is 0 Å². The molecule has 0 spiro atoms. The lowest BCUT2D eigenvalue weighted by Crippen LogP contribution is -2.28. The van der Waals surface area contributed by atoms with Crippen LogP contribution in [-0.2, 0) is 0 Å². The van der Waals surface area contributed by atoms with Crippen LogP contribution in [0.3, 0.4) is 0 Å². The van der Waals surface area contributed by atoms with E-state index in [0.717, 1.165) is 43.0 Å². The number of halogens is 2. The first-order valence-corrected chi connectivity index (χ1v) is 8.30. The van der Waals surface area contributed by atoms with E-state index < -0.39 is 11.5 Å². The minimum absolute atomic E-state index is 0.525. The maximum atomic E-state index is 10.8. The molecular weight excluding hydrogens is 338 g/mol. The number of nitrogens with zero attached hydrogens (tertiary/aromatic N) is 1. The number of benzene rings is 1. The maximum Gasteiger partial charge on any atom is 0.0991 e. The Kier molecular flexibility index (Phi) is 5.49. The fourth-order valence-corrected chi connectivity index (χ4v) is 3.60. The molecule has 20 heavy (non-hydrogen) atoms. The van der Waals surface area contributed by atoms with E-state index in [1.807, 2.05) is 12.1 Å². The van der Waals surface area contributed by atoms with Crippen LogP contribution in [0.2, 0.25) is 5.02 Å². The van der Waals surface area contributed by atoms with Crippen molar-refractivity contribution < 1.29 is 5.11 Å². The number of aliphatic hydroxyl groups is 1. The molecule has 0 bridgehead atoms. The Bertz CT molecular complexity index is 504. The standard InChI is InChI=1S/C16H19BrClNO/c17-12-6-7-14(18)13(10-12)15(20)16(11-19)8-4-2-1-3-5-9-16/h6-7,10,15,20H,1-5,8-9H2. The van der Waals surface area contributed by atoms with Gasteiger partial charge in [0.2, 0.25) is 0 Å². The zero-order chi connectivity index (χ0) is 14.6. The van der Waals surface area contributed by atoms with E-state index in [-0.39, 0.29) is 0 Å². The second-order valence-corrected chi connectivity index (χ2v) is 6.93. The van der Waals surface area contributed by atoms with Gasteiger partial charge in [-0.3, -0.25) is 0 Å². The molecule has 0 aliphatic heterocycles. The fraction of sp³-hybridized carbons (Fsp3) is 0.562. The monoisotopic (exact) mass is 355 g/mol. The predicted octanol–water partition coefficient (Wildman–Crippen LogP) is 5.39. The SMILES string of the molecule is N#CC1(C(O)c2cc(Br)ccc2Cl)CCCCCCC1. The third-order valence-electron chi connectivity index (χ3n) is 4.24. The summed E-state index contributed by atoms with van der Waals surface area (Å²) in [7, 11) is 0. The van der Waals surface area contributed by atoms with Crippen molar-refractivity contribution >= 4 is 27.5 Å². The Morgan fingerprint density at radius 3 is 2.40 bits per heavy atom. The zero-order valence-corrected chi connectivity index (χ0v) is 13.8. The summed E-state index contributed by atoms with van der Waals surface area (Å²) < 4.78 is 0.870. The number of nitriles is 1. The fourth-order valence-electron chi connectivity index (χ4n) is 3.00. The largest absolute Gasteiger partial charge is 0.387 e. The third kappa shape index (κ3) is 3.36. The Morgan fingerprint density at radius 2 is 1.80 bits per heavy atom. The summed E-state index contributed by atoms with van der Waals surface area (Å²) in [6.45, 7) is 0. The first kappa shape index (κ1) is 15.8. The molecule has 0 amide bonds. The molecule has 1 fully saturated rings. The number of aliphatic hydroxyl groups excluding tert-OH is 1. The summed E-state index contributed by atoms with van der Waals surface area (Å²) in [4.78, 5) is 0. The van der Waals surface area contributed by atoms with Gasteiger partial charge in [-0.2, -0.15) is 5.26 Å². The summed E-state index contributed by atoms with van der Waals surface area (Å²) >= 11 is 9.62. The molecule has 1 aliphatic rings. The van der Waals surface area contributed by atoms with Crippen molar-refractivity contribution in [3.8, 4) is 6.07 Å². The van der Waals surface area contributed by atoms with Gasteiger partial charge in [-0.05, 0) is 31.0 Å². The third-order valence-corrected chi connectivity index (χ3v) is 5.08. The van der Waals surface area contributed by atoms with Crippen LogP contribution < -0.4 is 0 Å². The van der Waals surface area contributed by atoms with Crippen LogP contribution in [-0.4, -0.2) is 5.11 Å². The summed E-state index contributed by atoms with van der Waals surface area (Å²) in [5, 5.41) is 21.0. The second kappa shape index (κ2) is 6.93. The predicted molar refractivity (Wildman–Crippen MR) is 84.5 cm³/mol. The Labute approximate surface area is 133 Å². The average Bonchev–Trinajstić information content (AvgIpc) is 2.41. The van der Waals surface area contributed by atoms with E-state index in [1.165, 1.54) is 6.42 Å². The van der Waals surface area contributed by atoms with Crippen molar-refractivity contribution in [2.45, 2.75) is 51.0 Å². The van der Waals surface area contributed by atoms with Gasteiger partial charge in [0, 0.05) is 15.1 Å². The first-order chi connectivity index (χ1) is 9.59. The van der Waals surface area contributed by atoms with Crippen LogP contribution in [0.15, 0.2) is 22.7 Å². The first-order valence-electron chi connectivity index (χ1n) is 7.13. The van der Waals surface area contributed by atoms with Gasteiger partial charge in [-0.25, -0.2) is 0 Å². The van der Waals surface area contributed by atoms with E-state index in [1.54, 1.807) is 6.07 Å². The number of hydrogen-bond donors (Lipinski definition) is 1. The molecule has 1 aliphatic carbocycles. The van der Waals surface area contributed by atoms with Crippen molar-refractivity contribution in [1.82, 2.24) is 0 Å². The normalized spacial score (nSPS) is 20.5. The molecule has 0 radical (unpaired) electrons. The molecule has 2 rings (SSSR count). The van der Waals surface area contributed by atoms with Gasteiger partial charge >= 0.3 is 0 Å². The smallest absolute Gasteiger partial charge is 0.0991 e. The molecule has 1 aromatic rings. The van der Waals surface area contributed by atoms with Gasteiger partial charge in [0.05, 0.1) is 17.6 Å². The van der Waals surface area contributed by atoms with Gasteiger partial charge in [0.15, 0.2) is 0 Å². The molecule has 0 heterocycles. The van der Waals surface area contributed by atoms with E-state index in [4.69, 9.17) is 11.6 Å². The minimum atomic E-state index is -0.824. The van der Waals surface area contributed by atoms with Crippen molar-refractivity contribution in [2.75, 3.05) is 0 Å². The highest BCUT2D eigenvalue weighted by Gasteiger charge is 2.39. The van der Waals surface area contributed by atoms with E-state index in [0.29, 0.717) is 10.6 Å². The van der Waals surface area contributed by atoms with Crippen molar-refractivity contribution in [1.29, 1.82) is 5.26 Å². The lowest BCUT2D eigenvalue weighted by molar-refractivity contribution is 0.0435. The Morgan fingerprint density at radius 1 is 1.20 bits per heavy atom. The van der Waals surface area contributed by atoms with Crippen LogP contribution >= 0.6 is 27.5 Å². The summed E-state index contributed by atoms with van der Waals surface area (Å²) in [6, 6.07) is 7.84. The van der Waals surface area contributed by atoms with Crippen LogP contribution in [0.5, 0.6) is 0 Å². The van der Waals surface area contributed by atoms with Crippen LogP contribution in [0.1, 0.15) is 56.6 Å². The lowest BCUT2D eigenvalue weighted by Gasteiger charge is -2.34. The summed E-state index contributed by atoms with van der Waals surface area (Å²) in [5.41, 5.74) is -0.0478. The summed E-state index contributed by atoms with van der Waals surface area (Å²) in [6.07, 6.45) is 6.17. The van der Waals surface area contributed by atoms with E-state index >= 15 is 0 Å². The van der Waals surface area contributed by atoms with Crippen LogP contribution in [0.4, 0.5) is 0 Å². The van der Waals surface area contributed by atoms with Crippen molar-refractivity contribution in [3.05, 3.63) is 33.3 Å². The van der Waals surface area contributed by atoms with Gasteiger partial charge in [-0.15, -0.1) is 0 Å². The molecule has 0 saturated heterocycles. The Hall–Kier alpha value is -0.560. The van der Waals surface area contributed by atoms with Crippen molar-refractivity contribution in [3.63, 3.8) is 0 Å². The second-order valence-electron chi connectivity index (χ2n) is 5.60. The molecule has 0 aromatic heterocycles. The van der Waals surface area contributed by atoms with Gasteiger partial charge in [0.1, 0.15) is 0 Å². The molecule has 1 saturated carbocycles. The number of rotatable bonds is 2. The highest BCUT2D eigenvalue weighted by molar-refractivity contribution is 9.10. The topological polar surface area (TPSA) is 44.0 Å². The molecule has 1 atom stereocenters. The van der Waals surface area contributed by atoms with Gasteiger partial charge < -0.3 is 5.11 Å². The molecule has 4 heteroatoms. The molecule has 108 valence electrons. The zero-order valence-electron chi connectivity index (χ0n) is 11.4. The highest BCUT2D eigenvalue weighted by Crippen LogP contribution is 2.46. The van der Waals surface area contributed by atoms with Crippen molar-refractivity contribution in [2.24, 2.45) is 5.41 Å². The molecule has 1 aromatic carbocycles. The molecule has 1 unspecified atom stereocenters. The molecule has 2 nitrogen and oxygen atoms in total. The van der Waals surface area contributed by atoms with Gasteiger partial charge in [-0.1, -0.05) is 59.6 Å². The van der Waals surface area contributed by atoms with E-state index in [9.17, 15) is 10.4 Å².